The number of carbonyl (C=O) groups excluding carboxylic acids is 1. The van der Waals surface area contributed by atoms with Crippen LogP contribution in [0.3, 0.4) is 0 Å². The van der Waals surface area contributed by atoms with Gasteiger partial charge in [0, 0.05) is 0 Å². The summed E-state index contributed by atoms with van der Waals surface area (Å²) >= 11 is 0. The Hall–Kier alpha value is -1.64. The average molecular weight is 424 g/mol. The fourth-order valence-electron chi connectivity index (χ4n) is 1.24. The van der Waals surface area contributed by atoms with E-state index < -0.39 is 60.1 Å². The largest absolute Gasteiger partial charge is 0.460 e. The maximum absolute atomic E-state index is 13.0. The van der Waals surface area contributed by atoms with Crippen molar-refractivity contribution in [3.05, 3.63) is 12.2 Å². The van der Waals surface area contributed by atoms with E-state index in [0.717, 1.165) is 0 Å². The maximum Gasteiger partial charge on any atom is 0.460 e. The number of hydrogen-bond donors (Lipinski definition) is 0. The Morgan fingerprint density at radius 1 is 0.462 bits per heavy atom. The Bertz CT molecular complexity index is 555. The summed E-state index contributed by atoms with van der Waals surface area (Å²) in [5.74, 6) is -46.9. The van der Waals surface area contributed by atoms with E-state index in [1.807, 2.05) is 0 Å². The topological polar surface area (TPSA) is 17.1 Å². The monoisotopic (exact) mass is 424 g/mol. The predicted octanol–water partition coefficient (Wildman–Crippen LogP) is 5.12. The second-order valence-corrected chi connectivity index (χ2v) is 4.49. The SMILES string of the molecule is O=C/C=C/C(F)(F)C(F)(F)C(F)(F)C(F)(F)C(F)(F)C(F)(F)C(F)(F)F. The van der Waals surface area contributed by atoms with Gasteiger partial charge in [0.1, 0.15) is 6.29 Å². The molecule has 0 saturated heterocycles. The quantitative estimate of drug-likeness (QED) is 0.315. The minimum atomic E-state index is -8.32. The van der Waals surface area contributed by atoms with Crippen molar-refractivity contribution in [3.8, 4) is 0 Å². The molecule has 0 aromatic rings. The fourth-order valence-corrected chi connectivity index (χ4v) is 1.24. The van der Waals surface area contributed by atoms with Crippen molar-refractivity contribution in [1.29, 1.82) is 0 Å². The molecule has 0 aromatic carbocycles. The van der Waals surface area contributed by atoms with E-state index in [4.69, 9.17) is 0 Å². The number of halogens is 15. The molecule has 16 heteroatoms. The molecule has 26 heavy (non-hydrogen) atoms. The fraction of sp³-hybridized carbons (Fsp3) is 0.700. The first-order valence-corrected chi connectivity index (χ1v) is 5.53. The molecule has 154 valence electrons. The minimum absolute atomic E-state index is 0.662. The van der Waals surface area contributed by atoms with E-state index in [1.54, 1.807) is 0 Å². The predicted molar refractivity (Wildman–Crippen MR) is 50.9 cm³/mol. The zero-order chi connectivity index (χ0) is 21.6. The summed E-state index contributed by atoms with van der Waals surface area (Å²) in [6.45, 7) is 0. The van der Waals surface area contributed by atoms with Crippen LogP contribution in [0.1, 0.15) is 0 Å². The third kappa shape index (κ3) is 3.10. The Kier molecular flexibility index (Phi) is 5.82. The van der Waals surface area contributed by atoms with Gasteiger partial charge in [-0.2, -0.15) is 65.9 Å². The molecule has 0 rings (SSSR count). The van der Waals surface area contributed by atoms with Crippen LogP contribution in [0.15, 0.2) is 12.2 Å². The van der Waals surface area contributed by atoms with Crippen molar-refractivity contribution in [1.82, 2.24) is 0 Å². The van der Waals surface area contributed by atoms with E-state index >= 15 is 0 Å². The Balaban J connectivity index is 6.50. The molecule has 0 bridgehead atoms. The first-order valence-electron chi connectivity index (χ1n) is 5.53. The Labute approximate surface area is 132 Å². The van der Waals surface area contributed by atoms with Crippen molar-refractivity contribution < 1.29 is 70.7 Å². The second-order valence-electron chi connectivity index (χ2n) is 4.49. The highest BCUT2D eigenvalue weighted by molar-refractivity contribution is 5.65. The summed E-state index contributed by atoms with van der Waals surface area (Å²) in [5, 5.41) is 0. The zero-order valence-electron chi connectivity index (χ0n) is 11.3. The number of carbonyl (C=O) groups is 1. The zero-order valence-corrected chi connectivity index (χ0v) is 11.3. The van der Waals surface area contributed by atoms with Gasteiger partial charge in [0.15, 0.2) is 0 Å². The third-order valence-corrected chi connectivity index (χ3v) is 2.74. The lowest BCUT2D eigenvalue weighted by atomic mass is 9.91. The maximum atomic E-state index is 13.0. The lowest BCUT2D eigenvalue weighted by Crippen LogP contribution is -2.72. The molecule has 0 spiro atoms. The highest BCUT2D eigenvalue weighted by Gasteiger charge is 2.93. The van der Waals surface area contributed by atoms with Gasteiger partial charge in [0.2, 0.25) is 0 Å². The van der Waals surface area contributed by atoms with Crippen LogP contribution in [0, 0.1) is 0 Å². The molecule has 1 nitrogen and oxygen atoms in total. The van der Waals surface area contributed by atoms with Crippen molar-refractivity contribution in [2.75, 3.05) is 0 Å². The van der Waals surface area contributed by atoms with Gasteiger partial charge < -0.3 is 0 Å². The van der Waals surface area contributed by atoms with Gasteiger partial charge in [-0.1, -0.05) is 0 Å². The highest BCUT2D eigenvalue weighted by Crippen LogP contribution is 2.62. The summed E-state index contributed by atoms with van der Waals surface area (Å²) in [5.41, 5.74) is 0. The molecule has 0 aliphatic carbocycles. The van der Waals surface area contributed by atoms with E-state index in [1.165, 1.54) is 0 Å². The van der Waals surface area contributed by atoms with E-state index in [0.29, 0.717) is 0 Å². The van der Waals surface area contributed by atoms with Crippen molar-refractivity contribution in [2.24, 2.45) is 0 Å². The highest BCUT2D eigenvalue weighted by atomic mass is 19.4. The molecule has 0 aliphatic heterocycles. The normalized spacial score (nSPS) is 16.3. The average Bonchev–Trinajstić information content (AvgIpc) is 2.42. The van der Waals surface area contributed by atoms with Gasteiger partial charge in [-0.05, 0) is 12.2 Å². The third-order valence-electron chi connectivity index (χ3n) is 2.74. The minimum Gasteiger partial charge on any atom is -0.299 e. The Morgan fingerprint density at radius 2 is 0.769 bits per heavy atom. The van der Waals surface area contributed by atoms with Gasteiger partial charge in [-0.15, -0.1) is 0 Å². The van der Waals surface area contributed by atoms with Crippen molar-refractivity contribution >= 4 is 6.29 Å². The molecule has 0 aliphatic rings. The van der Waals surface area contributed by atoms with Gasteiger partial charge >= 0.3 is 41.7 Å². The van der Waals surface area contributed by atoms with Crippen molar-refractivity contribution in [2.45, 2.75) is 41.7 Å². The Morgan fingerprint density at radius 3 is 1.08 bits per heavy atom. The van der Waals surface area contributed by atoms with Gasteiger partial charge in [-0.25, -0.2) is 0 Å². The van der Waals surface area contributed by atoms with Crippen LogP contribution in [0.4, 0.5) is 65.9 Å². The van der Waals surface area contributed by atoms with Gasteiger partial charge in [-0.3, -0.25) is 4.79 Å². The van der Waals surface area contributed by atoms with Gasteiger partial charge in [0.25, 0.3) is 0 Å². The first-order chi connectivity index (χ1) is 11.1. The smallest absolute Gasteiger partial charge is 0.299 e. The molecule has 0 saturated carbocycles. The molecule has 0 fully saturated rings. The first kappa shape index (κ1) is 24.4. The van der Waals surface area contributed by atoms with Gasteiger partial charge in [0.05, 0.1) is 0 Å². The van der Waals surface area contributed by atoms with Crippen molar-refractivity contribution in [3.63, 3.8) is 0 Å². The molecular formula is C10H3F15O. The van der Waals surface area contributed by atoms with Crippen LogP contribution in [0.25, 0.3) is 0 Å². The molecule has 0 heterocycles. The number of hydrogen-bond acceptors (Lipinski definition) is 1. The summed E-state index contributed by atoms with van der Waals surface area (Å²) in [6.07, 6.45) is -10.5. The molecule has 0 amide bonds. The molecule has 0 atom stereocenters. The summed E-state index contributed by atoms with van der Waals surface area (Å²) in [4.78, 5) is 9.68. The molecule has 0 aromatic heterocycles. The number of allylic oxidation sites excluding steroid dienone is 2. The van der Waals surface area contributed by atoms with Crippen LogP contribution in [-0.2, 0) is 4.79 Å². The van der Waals surface area contributed by atoms with Crippen LogP contribution >= 0.6 is 0 Å². The molecular weight excluding hydrogens is 421 g/mol. The van der Waals surface area contributed by atoms with Crippen LogP contribution in [0.2, 0.25) is 0 Å². The van der Waals surface area contributed by atoms with Crippen LogP contribution < -0.4 is 0 Å². The standard InChI is InChI=1S/C10H3F15O/c11-4(12,2-1-3-26)5(13,14)6(15,16)7(17,18)8(19,20)9(21,22)10(23,24)25/h1-3H/b2-1+. The summed E-state index contributed by atoms with van der Waals surface area (Å²) in [7, 11) is 0. The number of aldehydes is 1. The second kappa shape index (κ2) is 6.21. The van der Waals surface area contributed by atoms with Crippen LogP contribution in [0.5, 0.6) is 0 Å². The summed E-state index contributed by atoms with van der Waals surface area (Å²) in [6, 6.07) is 0. The molecule has 0 N–H and O–H groups in total. The summed E-state index contributed by atoms with van der Waals surface area (Å²) < 4.78 is 189. The van der Waals surface area contributed by atoms with Crippen LogP contribution in [-0.4, -0.2) is 48.0 Å². The van der Waals surface area contributed by atoms with E-state index in [2.05, 4.69) is 0 Å². The lowest BCUT2D eigenvalue weighted by Gasteiger charge is -2.41. The van der Waals surface area contributed by atoms with E-state index in [9.17, 15) is 70.7 Å². The van der Waals surface area contributed by atoms with E-state index in [-0.39, 0.29) is 0 Å². The molecule has 0 unspecified atom stereocenters. The number of alkyl halides is 15. The lowest BCUT2D eigenvalue weighted by molar-refractivity contribution is -0.449. The molecule has 0 radical (unpaired) electrons. The number of rotatable bonds is 7.